The van der Waals surface area contributed by atoms with Crippen LogP contribution in [0.3, 0.4) is 0 Å². The number of anilines is 1. The second-order valence-corrected chi connectivity index (χ2v) is 6.73. The molecule has 5 heteroatoms. The summed E-state index contributed by atoms with van der Waals surface area (Å²) in [5.74, 6) is -0.869. The number of carbonyl (C=O) groups excluding carboxylic acids is 2. The van der Waals surface area contributed by atoms with Gasteiger partial charge >= 0.3 is 5.97 Å². The minimum atomic E-state index is -1.32. The average Bonchev–Trinajstić information content (AvgIpc) is 3.09. The molecule has 0 bridgehead atoms. The van der Waals surface area contributed by atoms with Crippen LogP contribution in [-0.4, -0.2) is 23.5 Å². The number of amides is 1. The zero-order valence-electron chi connectivity index (χ0n) is 15.0. The Labute approximate surface area is 151 Å². The van der Waals surface area contributed by atoms with Gasteiger partial charge in [0.2, 0.25) is 5.91 Å². The summed E-state index contributed by atoms with van der Waals surface area (Å²) in [6.45, 7) is 5.64. The number of esters is 1. The topological polar surface area (TPSA) is 71.2 Å². The second-order valence-electron chi connectivity index (χ2n) is 6.73. The number of nitrogens with one attached hydrogen (secondary N) is 2. The molecule has 1 aliphatic rings. The van der Waals surface area contributed by atoms with Gasteiger partial charge < -0.3 is 15.0 Å². The van der Waals surface area contributed by atoms with Crippen molar-refractivity contribution >= 4 is 28.5 Å². The van der Waals surface area contributed by atoms with Crippen LogP contribution in [0.25, 0.3) is 22.2 Å². The van der Waals surface area contributed by atoms with Crippen molar-refractivity contribution in [2.45, 2.75) is 26.2 Å². The molecule has 0 saturated carbocycles. The summed E-state index contributed by atoms with van der Waals surface area (Å²) in [5.41, 5.74) is 4.13. The molecule has 3 aromatic rings. The van der Waals surface area contributed by atoms with Gasteiger partial charge in [-0.1, -0.05) is 30.3 Å². The van der Waals surface area contributed by atoms with E-state index in [9.17, 15) is 9.59 Å². The van der Waals surface area contributed by atoms with Crippen LogP contribution in [0, 0.1) is 6.92 Å². The molecular formula is C21H20N2O3. The minimum Gasteiger partial charge on any atom is -0.465 e. The van der Waals surface area contributed by atoms with E-state index >= 15 is 0 Å². The molecule has 0 radical (unpaired) electrons. The summed E-state index contributed by atoms with van der Waals surface area (Å²) in [6.07, 6.45) is 0. The first-order valence-electron chi connectivity index (χ1n) is 8.67. The van der Waals surface area contributed by atoms with E-state index in [4.69, 9.17) is 4.74 Å². The lowest BCUT2D eigenvalue weighted by Gasteiger charge is -2.19. The van der Waals surface area contributed by atoms with E-state index in [1.54, 1.807) is 13.8 Å². The summed E-state index contributed by atoms with van der Waals surface area (Å²) in [7, 11) is 0. The van der Waals surface area contributed by atoms with E-state index in [1.807, 2.05) is 37.3 Å². The molecule has 0 aliphatic carbocycles. The molecule has 1 aliphatic heterocycles. The van der Waals surface area contributed by atoms with Crippen molar-refractivity contribution in [3.63, 3.8) is 0 Å². The molecule has 2 N–H and O–H groups in total. The number of hydrogen-bond donors (Lipinski definition) is 2. The number of fused-ring (bicyclic) bond motifs is 2. The first-order chi connectivity index (χ1) is 12.5. The molecule has 2 aromatic carbocycles. The molecule has 0 spiro atoms. The first kappa shape index (κ1) is 16.4. The summed E-state index contributed by atoms with van der Waals surface area (Å²) >= 11 is 0. The Morgan fingerprint density at radius 2 is 1.92 bits per heavy atom. The van der Waals surface area contributed by atoms with E-state index in [0.717, 1.165) is 27.7 Å². The molecule has 1 aromatic heterocycles. The van der Waals surface area contributed by atoms with Gasteiger partial charge in [-0.2, -0.15) is 0 Å². The maximum atomic E-state index is 12.5. The second kappa shape index (κ2) is 5.73. The van der Waals surface area contributed by atoms with Gasteiger partial charge in [0.1, 0.15) is 0 Å². The third-order valence-electron chi connectivity index (χ3n) is 5.18. The van der Waals surface area contributed by atoms with Crippen LogP contribution < -0.4 is 5.32 Å². The van der Waals surface area contributed by atoms with Gasteiger partial charge in [0.25, 0.3) is 0 Å². The summed E-state index contributed by atoms with van der Waals surface area (Å²) in [5, 5.41) is 3.82. The zero-order valence-corrected chi connectivity index (χ0v) is 15.0. The van der Waals surface area contributed by atoms with Gasteiger partial charge in [-0.25, -0.2) is 0 Å². The van der Waals surface area contributed by atoms with Crippen LogP contribution >= 0.6 is 0 Å². The predicted octanol–water partition coefficient (Wildman–Crippen LogP) is 3.92. The Morgan fingerprint density at radius 1 is 1.19 bits per heavy atom. The first-order valence-corrected chi connectivity index (χ1v) is 8.67. The van der Waals surface area contributed by atoms with Crippen molar-refractivity contribution in [2.24, 2.45) is 0 Å². The Kier molecular flexibility index (Phi) is 3.61. The van der Waals surface area contributed by atoms with Crippen molar-refractivity contribution in [2.75, 3.05) is 11.9 Å². The molecule has 132 valence electrons. The number of hydrogen-bond acceptors (Lipinski definition) is 3. The predicted molar refractivity (Wildman–Crippen MR) is 101 cm³/mol. The smallest absolute Gasteiger partial charge is 0.326 e. The van der Waals surface area contributed by atoms with Crippen LogP contribution in [0.1, 0.15) is 25.0 Å². The van der Waals surface area contributed by atoms with E-state index < -0.39 is 11.4 Å². The van der Waals surface area contributed by atoms with Crippen LogP contribution in [-0.2, 0) is 19.7 Å². The molecule has 1 amide bonds. The van der Waals surface area contributed by atoms with E-state index in [-0.39, 0.29) is 12.5 Å². The third-order valence-corrected chi connectivity index (χ3v) is 5.18. The molecule has 0 fully saturated rings. The number of benzene rings is 2. The van der Waals surface area contributed by atoms with Gasteiger partial charge in [-0.15, -0.1) is 0 Å². The van der Waals surface area contributed by atoms with Crippen molar-refractivity contribution in [1.29, 1.82) is 0 Å². The summed E-state index contributed by atoms with van der Waals surface area (Å²) < 4.78 is 5.17. The van der Waals surface area contributed by atoms with Crippen molar-refractivity contribution < 1.29 is 14.3 Å². The quantitative estimate of drug-likeness (QED) is 0.557. The fourth-order valence-electron chi connectivity index (χ4n) is 3.63. The number of ether oxygens (including phenoxy) is 1. The maximum Gasteiger partial charge on any atom is 0.326 e. The van der Waals surface area contributed by atoms with E-state index in [0.29, 0.717) is 11.3 Å². The summed E-state index contributed by atoms with van der Waals surface area (Å²) in [4.78, 5) is 28.5. The molecule has 26 heavy (non-hydrogen) atoms. The highest BCUT2D eigenvalue weighted by Crippen LogP contribution is 2.42. The molecule has 1 unspecified atom stereocenters. The molecule has 2 heterocycles. The third kappa shape index (κ3) is 2.17. The Morgan fingerprint density at radius 3 is 2.62 bits per heavy atom. The average molecular weight is 348 g/mol. The standard InChI is InChI=1S/C21H20N2O3/c1-4-26-20(25)21(3)15-10-14-12(2)18(13-8-6-5-7-9-13)22-16(14)11-17(15)23-19(21)24/h5-11,22H,4H2,1-3H3,(H,23,24). The van der Waals surface area contributed by atoms with Gasteiger partial charge in [-0.3, -0.25) is 9.59 Å². The monoisotopic (exact) mass is 348 g/mol. The molecule has 0 saturated heterocycles. The molecule has 1 atom stereocenters. The highest BCUT2D eigenvalue weighted by atomic mass is 16.5. The SMILES string of the molecule is CCOC(=O)C1(C)C(=O)Nc2cc3[nH]c(-c4ccccc4)c(C)c3cc21. The van der Waals surface area contributed by atoms with Gasteiger partial charge in [0.15, 0.2) is 5.41 Å². The van der Waals surface area contributed by atoms with E-state index in [1.165, 1.54) is 0 Å². The lowest BCUT2D eigenvalue weighted by atomic mass is 9.83. The molecule has 4 rings (SSSR count). The molecule has 5 nitrogen and oxygen atoms in total. The molecular weight excluding hydrogens is 328 g/mol. The van der Waals surface area contributed by atoms with Crippen LogP contribution in [0.4, 0.5) is 5.69 Å². The minimum absolute atomic E-state index is 0.237. The highest BCUT2D eigenvalue weighted by Gasteiger charge is 2.50. The van der Waals surface area contributed by atoms with Gasteiger partial charge in [-0.05, 0) is 44.0 Å². The lowest BCUT2D eigenvalue weighted by molar-refractivity contribution is -0.152. The van der Waals surface area contributed by atoms with Crippen molar-refractivity contribution in [3.05, 3.63) is 53.6 Å². The number of aromatic nitrogens is 1. The number of carbonyl (C=O) groups is 2. The van der Waals surface area contributed by atoms with Gasteiger partial charge in [0, 0.05) is 27.8 Å². The van der Waals surface area contributed by atoms with Gasteiger partial charge in [0.05, 0.1) is 6.61 Å². The number of aromatic amines is 1. The highest BCUT2D eigenvalue weighted by molar-refractivity contribution is 6.20. The van der Waals surface area contributed by atoms with E-state index in [2.05, 4.69) is 22.4 Å². The number of rotatable bonds is 3. The Balaban J connectivity index is 1.91. The normalized spacial score (nSPS) is 18.7. The Hall–Kier alpha value is -3.08. The maximum absolute atomic E-state index is 12.5. The largest absolute Gasteiger partial charge is 0.465 e. The fraction of sp³-hybridized carbons (Fsp3) is 0.238. The van der Waals surface area contributed by atoms with Crippen molar-refractivity contribution in [3.8, 4) is 11.3 Å². The number of H-pyrrole nitrogens is 1. The fourth-order valence-corrected chi connectivity index (χ4v) is 3.63. The van der Waals surface area contributed by atoms with Crippen LogP contribution in [0.15, 0.2) is 42.5 Å². The zero-order chi connectivity index (χ0) is 18.5. The van der Waals surface area contributed by atoms with Crippen LogP contribution in [0.5, 0.6) is 0 Å². The number of aryl methyl sites for hydroxylation is 1. The Bertz CT molecular complexity index is 1040. The van der Waals surface area contributed by atoms with Crippen LogP contribution in [0.2, 0.25) is 0 Å². The van der Waals surface area contributed by atoms with Crippen molar-refractivity contribution in [1.82, 2.24) is 4.98 Å². The summed E-state index contributed by atoms with van der Waals surface area (Å²) in [6, 6.07) is 13.9. The lowest BCUT2D eigenvalue weighted by Crippen LogP contribution is -2.40.